The van der Waals surface area contributed by atoms with Crippen LogP contribution >= 0.6 is 0 Å². The highest BCUT2D eigenvalue weighted by Gasteiger charge is 2.45. The standard InChI is InChI=1S/C21H21NO/c22-16-18-10-7-14-21(20(18)23,19-11-5-2-6-12-19)15-13-17-8-3-1-4-9-17/h1-6,8-9,11-12,18H,7,10,13-15H2/t18-,21+/m1/s1. The Morgan fingerprint density at radius 3 is 2.35 bits per heavy atom. The first kappa shape index (κ1) is 15.5. The second-order valence-corrected chi connectivity index (χ2v) is 6.37. The van der Waals surface area contributed by atoms with Crippen LogP contribution in [0.15, 0.2) is 60.7 Å². The van der Waals surface area contributed by atoms with Crippen molar-refractivity contribution in [3.63, 3.8) is 0 Å². The average molecular weight is 303 g/mol. The molecule has 0 heterocycles. The van der Waals surface area contributed by atoms with Crippen molar-refractivity contribution in [2.75, 3.05) is 0 Å². The maximum Gasteiger partial charge on any atom is 0.160 e. The number of aryl methyl sites for hydroxylation is 1. The molecule has 3 rings (SSSR count). The SMILES string of the molecule is N#C[C@H]1CCC[C@](CCc2ccccc2)(c2ccccc2)C1=O. The number of hydrogen-bond acceptors (Lipinski definition) is 2. The second kappa shape index (κ2) is 6.79. The predicted molar refractivity (Wildman–Crippen MR) is 90.8 cm³/mol. The lowest BCUT2D eigenvalue weighted by Gasteiger charge is -2.38. The molecule has 2 atom stereocenters. The van der Waals surface area contributed by atoms with Crippen LogP contribution in [0.25, 0.3) is 0 Å². The molecule has 1 aliphatic rings. The van der Waals surface area contributed by atoms with Crippen LogP contribution in [-0.2, 0) is 16.6 Å². The van der Waals surface area contributed by atoms with E-state index in [2.05, 4.69) is 18.2 Å². The minimum absolute atomic E-state index is 0.119. The van der Waals surface area contributed by atoms with Crippen LogP contribution in [0.1, 0.15) is 36.8 Å². The van der Waals surface area contributed by atoms with Gasteiger partial charge >= 0.3 is 0 Å². The van der Waals surface area contributed by atoms with Crippen molar-refractivity contribution in [3.8, 4) is 6.07 Å². The van der Waals surface area contributed by atoms with E-state index in [-0.39, 0.29) is 5.78 Å². The number of carbonyl (C=O) groups is 1. The Balaban J connectivity index is 1.94. The van der Waals surface area contributed by atoms with E-state index in [4.69, 9.17) is 0 Å². The summed E-state index contributed by atoms with van der Waals surface area (Å²) in [6.07, 6.45) is 4.13. The molecule has 0 N–H and O–H groups in total. The van der Waals surface area contributed by atoms with E-state index < -0.39 is 11.3 Å². The fourth-order valence-corrected chi connectivity index (χ4v) is 3.76. The van der Waals surface area contributed by atoms with E-state index in [1.807, 2.05) is 48.5 Å². The van der Waals surface area contributed by atoms with E-state index in [1.165, 1.54) is 5.56 Å². The predicted octanol–water partition coefficient (Wildman–Crippen LogP) is 4.45. The van der Waals surface area contributed by atoms with Gasteiger partial charge in [-0.15, -0.1) is 0 Å². The van der Waals surface area contributed by atoms with E-state index in [1.54, 1.807) is 0 Å². The summed E-state index contributed by atoms with van der Waals surface area (Å²) in [4.78, 5) is 13.1. The molecule has 2 heteroatoms. The highest BCUT2D eigenvalue weighted by molar-refractivity contribution is 5.94. The monoisotopic (exact) mass is 303 g/mol. The van der Waals surface area contributed by atoms with Crippen molar-refractivity contribution in [1.29, 1.82) is 5.26 Å². The van der Waals surface area contributed by atoms with Crippen molar-refractivity contribution in [1.82, 2.24) is 0 Å². The van der Waals surface area contributed by atoms with Crippen molar-refractivity contribution < 1.29 is 4.79 Å². The molecule has 0 aromatic heterocycles. The van der Waals surface area contributed by atoms with E-state index >= 15 is 0 Å². The van der Waals surface area contributed by atoms with Crippen molar-refractivity contribution in [2.45, 2.75) is 37.5 Å². The van der Waals surface area contributed by atoms with Gasteiger partial charge in [0.1, 0.15) is 5.92 Å². The van der Waals surface area contributed by atoms with Gasteiger partial charge in [0.05, 0.1) is 11.5 Å². The summed E-state index contributed by atoms with van der Waals surface area (Å²) in [6, 6.07) is 22.6. The number of nitriles is 1. The lowest BCUT2D eigenvalue weighted by atomic mass is 9.62. The van der Waals surface area contributed by atoms with Gasteiger partial charge in [0, 0.05) is 0 Å². The molecular weight excluding hydrogens is 282 g/mol. The maximum atomic E-state index is 13.1. The number of nitrogens with zero attached hydrogens (tertiary/aromatic N) is 1. The van der Waals surface area contributed by atoms with Crippen LogP contribution < -0.4 is 0 Å². The Morgan fingerprint density at radius 2 is 1.70 bits per heavy atom. The molecule has 1 saturated carbocycles. The molecule has 0 unspecified atom stereocenters. The summed E-state index contributed by atoms with van der Waals surface area (Å²) in [5.41, 5.74) is 1.81. The lowest BCUT2D eigenvalue weighted by Crippen LogP contribution is -2.43. The summed E-state index contributed by atoms with van der Waals surface area (Å²) in [5, 5.41) is 9.35. The zero-order chi connectivity index (χ0) is 16.1. The van der Waals surface area contributed by atoms with Gasteiger partial charge in [0.15, 0.2) is 5.78 Å². The Bertz CT molecular complexity index is 702. The van der Waals surface area contributed by atoms with Gasteiger partial charge < -0.3 is 0 Å². The summed E-state index contributed by atoms with van der Waals surface area (Å²) < 4.78 is 0. The molecule has 1 aliphatic carbocycles. The molecule has 0 spiro atoms. The zero-order valence-corrected chi connectivity index (χ0v) is 13.2. The fourth-order valence-electron chi connectivity index (χ4n) is 3.76. The van der Waals surface area contributed by atoms with E-state index in [0.29, 0.717) is 6.42 Å². The number of hydrogen-bond donors (Lipinski definition) is 0. The highest BCUT2D eigenvalue weighted by atomic mass is 16.1. The van der Waals surface area contributed by atoms with Gasteiger partial charge in [-0.2, -0.15) is 5.26 Å². The molecule has 2 aromatic rings. The molecule has 0 radical (unpaired) electrons. The molecule has 0 amide bonds. The van der Waals surface area contributed by atoms with Crippen molar-refractivity contribution in [2.24, 2.45) is 5.92 Å². The summed E-state index contributed by atoms with van der Waals surface area (Å²) >= 11 is 0. The van der Waals surface area contributed by atoms with Crippen LogP contribution in [0, 0.1) is 17.2 Å². The summed E-state index contributed by atoms with van der Waals surface area (Å²) in [6.45, 7) is 0. The zero-order valence-electron chi connectivity index (χ0n) is 13.2. The van der Waals surface area contributed by atoms with Crippen LogP contribution in [0.3, 0.4) is 0 Å². The van der Waals surface area contributed by atoms with Gasteiger partial charge in [-0.25, -0.2) is 0 Å². The van der Waals surface area contributed by atoms with Gasteiger partial charge in [-0.3, -0.25) is 4.79 Å². The first-order valence-electron chi connectivity index (χ1n) is 8.30. The smallest absolute Gasteiger partial charge is 0.160 e. The molecule has 116 valence electrons. The number of ketones is 1. The summed E-state index contributed by atoms with van der Waals surface area (Å²) in [5.74, 6) is -0.340. The van der Waals surface area contributed by atoms with Gasteiger partial charge in [0.25, 0.3) is 0 Å². The normalized spacial score (nSPS) is 24.1. The molecule has 2 aromatic carbocycles. The number of carbonyl (C=O) groups excluding carboxylic acids is 1. The molecule has 0 bridgehead atoms. The largest absolute Gasteiger partial charge is 0.297 e. The third kappa shape index (κ3) is 3.05. The first-order valence-corrected chi connectivity index (χ1v) is 8.30. The number of Topliss-reactive ketones (excluding diaryl/α,β-unsaturated/α-hetero) is 1. The molecule has 0 aliphatic heterocycles. The highest BCUT2D eigenvalue weighted by Crippen LogP contribution is 2.42. The van der Waals surface area contributed by atoms with Gasteiger partial charge in [-0.1, -0.05) is 67.1 Å². The summed E-state index contributed by atoms with van der Waals surface area (Å²) in [7, 11) is 0. The molecule has 1 fully saturated rings. The topological polar surface area (TPSA) is 40.9 Å². The third-order valence-electron chi connectivity index (χ3n) is 5.05. The van der Waals surface area contributed by atoms with Crippen molar-refractivity contribution >= 4 is 5.78 Å². The minimum atomic E-state index is -0.504. The molecule has 2 nitrogen and oxygen atoms in total. The Labute approximate surface area is 137 Å². The van der Waals surface area contributed by atoms with E-state index in [9.17, 15) is 10.1 Å². The second-order valence-electron chi connectivity index (χ2n) is 6.37. The Kier molecular flexibility index (Phi) is 4.57. The van der Waals surface area contributed by atoms with Crippen LogP contribution in [0.4, 0.5) is 0 Å². The maximum absolute atomic E-state index is 13.1. The molecule has 0 saturated heterocycles. The number of benzene rings is 2. The first-order chi connectivity index (χ1) is 11.3. The Morgan fingerprint density at radius 1 is 1.04 bits per heavy atom. The van der Waals surface area contributed by atoms with Crippen molar-refractivity contribution in [3.05, 3.63) is 71.8 Å². The average Bonchev–Trinajstić information content (AvgIpc) is 2.63. The van der Waals surface area contributed by atoms with Crippen LogP contribution in [0.2, 0.25) is 0 Å². The fraction of sp³-hybridized carbons (Fsp3) is 0.333. The minimum Gasteiger partial charge on any atom is -0.297 e. The molecule has 23 heavy (non-hydrogen) atoms. The Hall–Kier alpha value is -2.40. The quantitative estimate of drug-likeness (QED) is 0.837. The lowest BCUT2D eigenvalue weighted by molar-refractivity contribution is -0.129. The van der Waals surface area contributed by atoms with Gasteiger partial charge in [-0.05, 0) is 36.8 Å². The van der Waals surface area contributed by atoms with Crippen LogP contribution in [-0.4, -0.2) is 5.78 Å². The number of rotatable bonds is 4. The van der Waals surface area contributed by atoms with Gasteiger partial charge in [0.2, 0.25) is 0 Å². The van der Waals surface area contributed by atoms with Crippen LogP contribution in [0.5, 0.6) is 0 Å². The third-order valence-corrected chi connectivity index (χ3v) is 5.05. The van der Waals surface area contributed by atoms with E-state index in [0.717, 1.165) is 31.2 Å². The molecular formula is C21H21NO.